The van der Waals surface area contributed by atoms with Crippen LogP contribution in [-0.4, -0.2) is 29.1 Å². The monoisotopic (exact) mass is 273 g/mol. The SMILES string of the molecule is COc1ccc(OC(=O)c2ncccc2C(=O)O)cc1. The van der Waals surface area contributed by atoms with Crippen molar-refractivity contribution in [2.45, 2.75) is 0 Å². The summed E-state index contributed by atoms with van der Waals surface area (Å²) in [5.74, 6) is -1.17. The fourth-order valence-corrected chi connectivity index (χ4v) is 1.54. The number of rotatable bonds is 4. The summed E-state index contributed by atoms with van der Waals surface area (Å²) >= 11 is 0. The number of carbonyl (C=O) groups is 2. The minimum absolute atomic E-state index is 0.203. The van der Waals surface area contributed by atoms with Crippen molar-refractivity contribution in [1.29, 1.82) is 0 Å². The van der Waals surface area contributed by atoms with Gasteiger partial charge in [0, 0.05) is 6.20 Å². The first kappa shape index (κ1) is 13.5. The fraction of sp³-hybridized carbons (Fsp3) is 0.0714. The van der Waals surface area contributed by atoms with E-state index >= 15 is 0 Å². The van der Waals surface area contributed by atoms with Crippen molar-refractivity contribution in [3.63, 3.8) is 0 Å². The lowest BCUT2D eigenvalue weighted by atomic mass is 10.2. The van der Waals surface area contributed by atoms with E-state index in [0.717, 1.165) is 0 Å². The Balaban J connectivity index is 2.21. The largest absolute Gasteiger partial charge is 0.497 e. The summed E-state index contributed by atoms with van der Waals surface area (Å²) in [6.45, 7) is 0. The van der Waals surface area contributed by atoms with Crippen LogP contribution in [0.5, 0.6) is 11.5 Å². The van der Waals surface area contributed by atoms with E-state index in [9.17, 15) is 9.59 Å². The van der Waals surface area contributed by atoms with Crippen molar-refractivity contribution in [3.8, 4) is 11.5 Å². The van der Waals surface area contributed by atoms with Crippen molar-refractivity contribution >= 4 is 11.9 Å². The molecule has 1 heterocycles. The maximum atomic E-state index is 11.9. The lowest BCUT2D eigenvalue weighted by molar-refractivity contribution is 0.0664. The molecular formula is C14H11NO5. The van der Waals surface area contributed by atoms with E-state index in [-0.39, 0.29) is 17.0 Å². The van der Waals surface area contributed by atoms with E-state index in [1.807, 2.05) is 0 Å². The first-order valence-electron chi connectivity index (χ1n) is 5.66. The number of aromatic nitrogens is 1. The lowest BCUT2D eigenvalue weighted by Crippen LogP contribution is -2.15. The molecule has 1 aromatic carbocycles. The Hall–Kier alpha value is -2.89. The van der Waals surface area contributed by atoms with Crippen molar-refractivity contribution in [3.05, 3.63) is 53.9 Å². The van der Waals surface area contributed by atoms with Crippen molar-refractivity contribution in [2.75, 3.05) is 7.11 Å². The number of pyridine rings is 1. The van der Waals surface area contributed by atoms with Crippen LogP contribution in [0.3, 0.4) is 0 Å². The summed E-state index contributed by atoms with van der Waals surface area (Å²) in [5.41, 5.74) is -0.443. The van der Waals surface area contributed by atoms with E-state index < -0.39 is 11.9 Å². The van der Waals surface area contributed by atoms with Gasteiger partial charge in [0.1, 0.15) is 11.5 Å². The van der Waals surface area contributed by atoms with Gasteiger partial charge in [-0.2, -0.15) is 0 Å². The molecule has 6 heteroatoms. The highest BCUT2D eigenvalue weighted by Gasteiger charge is 2.19. The Bertz CT molecular complexity index is 636. The lowest BCUT2D eigenvalue weighted by Gasteiger charge is -2.06. The number of hydrogen-bond donors (Lipinski definition) is 1. The second-order valence-corrected chi connectivity index (χ2v) is 3.77. The second kappa shape index (κ2) is 5.83. The van der Waals surface area contributed by atoms with Gasteiger partial charge in [0.25, 0.3) is 0 Å². The molecule has 0 amide bonds. The maximum Gasteiger partial charge on any atom is 0.363 e. The Kier molecular flexibility index (Phi) is 3.95. The molecule has 0 aliphatic carbocycles. The minimum Gasteiger partial charge on any atom is -0.497 e. The summed E-state index contributed by atoms with van der Waals surface area (Å²) in [7, 11) is 1.52. The molecule has 0 atom stereocenters. The molecule has 2 rings (SSSR count). The Morgan fingerprint density at radius 2 is 1.75 bits per heavy atom. The number of aromatic carboxylic acids is 1. The highest BCUT2D eigenvalue weighted by molar-refractivity contribution is 6.01. The number of carbonyl (C=O) groups excluding carboxylic acids is 1. The molecule has 20 heavy (non-hydrogen) atoms. The number of methoxy groups -OCH3 is 1. The second-order valence-electron chi connectivity index (χ2n) is 3.77. The predicted octanol–water partition coefficient (Wildman–Crippen LogP) is 2.01. The van der Waals surface area contributed by atoms with Gasteiger partial charge in [0.15, 0.2) is 5.69 Å². The van der Waals surface area contributed by atoms with Gasteiger partial charge in [0.05, 0.1) is 12.7 Å². The van der Waals surface area contributed by atoms with Gasteiger partial charge in [-0.25, -0.2) is 14.6 Å². The molecule has 0 saturated carbocycles. The molecule has 0 radical (unpaired) electrons. The zero-order valence-corrected chi connectivity index (χ0v) is 10.6. The van der Waals surface area contributed by atoms with Gasteiger partial charge in [-0.15, -0.1) is 0 Å². The van der Waals surface area contributed by atoms with Gasteiger partial charge in [0.2, 0.25) is 0 Å². The molecule has 0 saturated heterocycles. The number of carboxylic acids is 1. The van der Waals surface area contributed by atoms with E-state index in [4.69, 9.17) is 14.6 Å². The number of nitrogens with zero attached hydrogens (tertiary/aromatic N) is 1. The van der Waals surface area contributed by atoms with Crippen LogP contribution in [0, 0.1) is 0 Å². The van der Waals surface area contributed by atoms with E-state index in [1.165, 1.54) is 25.4 Å². The molecule has 1 aromatic heterocycles. The van der Waals surface area contributed by atoms with Gasteiger partial charge < -0.3 is 14.6 Å². The number of ether oxygens (including phenoxy) is 2. The summed E-state index contributed by atoms with van der Waals surface area (Å²) in [5, 5.41) is 8.98. The first-order chi connectivity index (χ1) is 9.61. The van der Waals surface area contributed by atoms with Crippen LogP contribution in [0.1, 0.15) is 20.8 Å². The average Bonchev–Trinajstić information content (AvgIpc) is 2.48. The molecule has 0 unspecified atom stereocenters. The highest BCUT2D eigenvalue weighted by atomic mass is 16.5. The summed E-state index contributed by atoms with van der Waals surface area (Å²) in [6.07, 6.45) is 1.33. The Labute approximate surface area is 114 Å². The maximum absolute atomic E-state index is 11.9. The molecule has 1 N–H and O–H groups in total. The third-order valence-electron chi connectivity index (χ3n) is 2.50. The van der Waals surface area contributed by atoms with E-state index in [1.54, 1.807) is 24.3 Å². The van der Waals surface area contributed by atoms with Crippen LogP contribution in [0.15, 0.2) is 42.6 Å². The number of benzene rings is 1. The minimum atomic E-state index is -1.24. The van der Waals surface area contributed by atoms with Crippen molar-refractivity contribution in [1.82, 2.24) is 4.98 Å². The summed E-state index contributed by atoms with van der Waals surface area (Å²) < 4.78 is 10.0. The Morgan fingerprint density at radius 3 is 2.35 bits per heavy atom. The molecule has 2 aromatic rings. The quantitative estimate of drug-likeness (QED) is 0.677. The average molecular weight is 273 g/mol. The Morgan fingerprint density at radius 1 is 1.10 bits per heavy atom. The zero-order chi connectivity index (χ0) is 14.5. The van der Waals surface area contributed by atoms with Gasteiger partial charge in [-0.05, 0) is 36.4 Å². The summed E-state index contributed by atoms with van der Waals surface area (Å²) in [6, 6.07) is 9.06. The molecule has 0 bridgehead atoms. The predicted molar refractivity (Wildman–Crippen MR) is 69.1 cm³/mol. The van der Waals surface area contributed by atoms with Crippen molar-refractivity contribution in [2.24, 2.45) is 0 Å². The number of esters is 1. The molecule has 0 aliphatic rings. The molecule has 0 fully saturated rings. The number of hydrogen-bond acceptors (Lipinski definition) is 5. The van der Waals surface area contributed by atoms with Gasteiger partial charge in [-0.3, -0.25) is 0 Å². The topological polar surface area (TPSA) is 85.7 Å². The molecule has 6 nitrogen and oxygen atoms in total. The van der Waals surface area contributed by atoms with Crippen LogP contribution < -0.4 is 9.47 Å². The van der Waals surface area contributed by atoms with Crippen LogP contribution in [-0.2, 0) is 0 Å². The molecule has 0 spiro atoms. The van der Waals surface area contributed by atoms with Crippen molar-refractivity contribution < 1.29 is 24.2 Å². The van der Waals surface area contributed by atoms with Crippen LogP contribution in [0.4, 0.5) is 0 Å². The fourth-order valence-electron chi connectivity index (χ4n) is 1.54. The number of carboxylic acid groups (broad SMARTS) is 1. The highest BCUT2D eigenvalue weighted by Crippen LogP contribution is 2.18. The van der Waals surface area contributed by atoms with Crippen LogP contribution >= 0.6 is 0 Å². The standard InChI is InChI=1S/C14H11NO5/c1-19-9-4-6-10(7-5-9)20-14(18)12-11(13(16)17)3-2-8-15-12/h2-8H,1H3,(H,16,17). The first-order valence-corrected chi connectivity index (χ1v) is 5.66. The third-order valence-corrected chi connectivity index (χ3v) is 2.50. The molecule has 102 valence electrons. The molecule has 0 aliphatic heterocycles. The smallest absolute Gasteiger partial charge is 0.363 e. The molecular weight excluding hydrogens is 262 g/mol. The van der Waals surface area contributed by atoms with Gasteiger partial charge in [-0.1, -0.05) is 0 Å². The van der Waals surface area contributed by atoms with Crippen LogP contribution in [0.2, 0.25) is 0 Å². The third kappa shape index (κ3) is 2.92. The van der Waals surface area contributed by atoms with Crippen LogP contribution in [0.25, 0.3) is 0 Å². The van der Waals surface area contributed by atoms with E-state index in [2.05, 4.69) is 4.98 Å². The zero-order valence-electron chi connectivity index (χ0n) is 10.6. The van der Waals surface area contributed by atoms with Gasteiger partial charge >= 0.3 is 11.9 Å². The summed E-state index contributed by atoms with van der Waals surface area (Å²) in [4.78, 5) is 26.7. The normalized spacial score (nSPS) is 9.85. The van der Waals surface area contributed by atoms with E-state index in [0.29, 0.717) is 5.75 Å².